The Bertz CT molecular complexity index is 948. The van der Waals surface area contributed by atoms with Crippen LogP contribution in [0.2, 0.25) is 10.0 Å². The molecule has 144 valence electrons. The van der Waals surface area contributed by atoms with Gasteiger partial charge < -0.3 is 0 Å². The van der Waals surface area contributed by atoms with Gasteiger partial charge in [-0.25, -0.2) is 13.8 Å². The number of hydrogen-bond donors (Lipinski definition) is 1. The number of benzene rings is 2. The molecule has 0 aliphatic heterocycles. The maximum atomic E-state index is 12.1. The van der Waals surface area contributed by atoms with Crippen molar-refractivity contribution in [2.24, 2.45) is 5.10 Å². The van der Waals surface area contributed by atoms with Crippen molar-refractivity contribution in [2.75, 3.05) is 23.4 Å². The number of rotatable bonds is 7. The minimum absolute atomic E-state index is 0.124. The molecule has 0 aliphatic carbocycles. The lowest BCUT2D eigenvalue weighted by atomic mass is 10.2. The Hall–Kier alpha value is -1.74. The molecule has 0 heterocycles. The van der Waals surface area contributed by atoms with Crippen LogP contribution in [-0.4, -0.2) is 39.6 Å². The number of sulfonamides is 1. The van der Waals surface area contributed by atoms with Crippen LogP contribution in [0.1, 0.15) is 5.56 Å². The van der Waals surface area contributed by atoms with E-state index in [1.165, 1.54) is 24.4 Å². The fraction of sp³-hybridized carbons (Fsp3) is 0.176. The summed E-state index contributed by atoms with van der Waals surface area (Å²) in [5.74, 6) is -0.617. The van der Waals surface area contributed by atoms with Gasteiger partial charge in [0, 0.05) is 9.92 Å². The minimum atomic E-state index is -3.76. The summed E-state index contributed by atoms with van der Waals surface area (Å²) in [5.41, 5.74) is 3.23. The first-order valence-corrected chi connectivity index (χ1v) is 11.4. The van der Waals surface area contributed by atoms with Gasteiger partial charge in [-0.05, 0) is 42.2 Å². The Morgan fingerprint density at radius 2 is 1.89 bits per heavy atom. The third kappa shape index (κ3) is 6.42. The third-order valence-electron chi connectivity index (χ3n) is 3.38. The van der Waals surface area contributed by atoms with Crippen molar-refractivity contribution in [3.63, 3.8) is 0 Å². The van der Waals surface area contributed by atoms with Crippen LogP contribution in [0, 0.1) is 0 Å². The predicted octanol–water partition coefficient (Wildman–Crippen LogP) is 3.63. The molecule has 0 bridgehead atoms. The van der Waals surface area contributed by atoms with Crippen molar-refractivity contribution >= 4 is 62.8 Å². The average Bonchev–Trinajstić information content (AvgIpc) is 2.61. The van der Waals surface area contributed by atoms with Crippen molar-refractivity contribution in [2.45, 2.75) is 4.90 Å². The number of anilines is 1. The molecule has 1 N–H and O–H groups in total. The topological polar surface area (TPSA) is 78.8 Å². The number of hydrazone groups is 1. The number of halogens is 2. The molecule has 10 heteroatoms. The number of nitrogens with one attached hydrogen (secondary N) is 1. The molecule has 0 saturated carbocycles. The summed E-state index contributed by atoms with van der Waals surface area (Å²) < 4.78 is 25.1. The number of amides is 1. The second-order valence-corrected chi connectivity index (χ2v) is 9.06. The molecule has 1 amide bonds. The van der Waals surface area contributed by atoms with Crippen molar-refractivity contribution in [1.82, 2.24) is 5.43 Å². The van der Waals surface area contributed by atoms with E-state index in [0.29, 0.717) is 5.02 Å². The van der Waals surface area contributed by atoms with Crippen LogP contribution in [0.3, 0.4) is 0 Å². The van der Waals surface area contributed by atoms with Crippen LogP contribution in [0.4, 0.5) is 5.69 Å². The van der Waals surface area contributed by atoms with Crippen molar-refractivity contribution in [3.05, 3.63) is 58.1 Å². The molecule has 2 rings (SSSR count). The zero-order valence-corrected chi connectivity index (χ0v) is 17.7. The van der Waals surface area contributed by atoms with Crippen LogP contribution < -0.4 is 9.73 Å². The van der Waals surface area contributed by atoms with Crippen molar-refractivity contribution < 1.29 is 13.2 Å². The summed E-state index contributed by atoms with van der Waals surface area (Å²) in [6, 6.07) is 12.0. The van der Waals surface area contributed by atoms with Gasteiger partial charge in [-0.1, -0.05) is 35.3 Å². The molecule has 0 aliphatic rings. The molecule has 6 nitrogen and oxygen atoms in total. The predicted molar refractivity (Wildman–Crippen MR) is 113 cm³/mol. The normalized spacial score (nSPS) is 11.6. The molecular weight excluding hydrogens is 429 g/mol. The maximum Gasteiger partial charge on any atom is 0.260 e. The second-order valence-electron chi connectivity index (χ2n) is 5.43. The van der Waals surface area contributed by atoms with Crippen molar-refractivity contribution in [3.8, 4) is 0 Å². The first kappa shape index (κ1) is 21.6. The van der Waals surface area contributed by atoms with Crippen LogP contribution in [0.25, 0.3) is 0 Å². The summed E-state index contributed by atoms with van der Waals surface area (Å²) >= 11 is 13.6. The van der Waals surface area contributed by atoms with E-state index in [1.807, 2.05) is 30.5 Å². The molecule has 0 spiro atoms. The van der Waals surface area contributed by atoms with E-state index in [0.717, 1.165) is 21.0 Å². The molecule has 0 fully saturated rings. The number of nitrogens with zero attached hydrogens (tertiary/aromatic N) is 2. The van der Waals surface area contributed by atoms with Crippen LogP contribution in [-0.2, 0) is 14.8 Å². The van der Waals surface area contributed by atoms with Gasteiger partial charge in [-0.2, -0.15) is 5.10 Å². The molecule has 2 aromatic carbocycles. The zero-order valence-electron chi connectivity index (χ0n) is 14.5. The standard InChI is InChI=1S/C17H17Cl2N3O3S2/c1-26-14-6-3-12(4-7-14)10-20-21-17(23)11-22(27(2,24)25)16-9-13(18)5-8-15(16)19/h3-10H,11H2,1-2H3,(H,21,23)/b20-10-. The number of hydrogen-bond acceptors (Lipinski definition) is 5. The Balaban J connectivity index is 2.10. The van der Waals surface area contributed by atoms with Gasteiger partial charge in [0.15, 0.2) is 0 Å². The number of carbonyl (C=O) groups is 1. The smallest absolute Gasteiger partial charge is 0.260 e. The first-order valence-electron chi connectivity index (χ1n) is 7.59. The maximum absolute atomic E-state index is 12.1. The highest BCUT2D eigenvalue weighted by Gasteiger charge is 2.23. The quantitative estimate of drug-likeness (QED) is 0.400. The van der Waals surface area contributed by atoms with E-state index >= 15 is 0 Å². The van der Waals surface area contributed by atoms with Gasteiger partial charge in [0.2, 0.25) is 10.0 Å². The highest BCUT2D eigenvalue weighted by atomic mass is 35.5. The van der Waals surface area contributed by atoms with Gasteiger partial charge in [0.05, 0.1) is 23.2 Å². The lowest BCUT2D eigenvalue weighted by Gasteiger charge is -2.22. The van der Waals surface area contributed by atoms with E-state index in [-0.39, 0.29) is 10.7 Å². The highest BCUT2D eigenvalue weighted by molar-refractivity contribution is 7.98. The Labute approximate surface area is 172 Å². The molecule has 2 aromatic rings. The Kier molecular flexibility index (Phi) is 7.55. The van der Waals surface area contributed by atoms with Gasteiger partial charge in [0.1, 0.15) is 6.54 Å². The molecule has 27 heavy (non-hydrogen) atoms. The number of thioether (sulfide) groups is 1. The summed E-state index contributed by atoms with van der Waals surface area (Å²) in [6.45, 7) is -0.484. The van der Waals surface area contributed by atoms with Gasteiger partial charge in [0.25, 0.3) is 5.91 Å². The summed E-state index contributed by atoms with van der Waals surface area (Å²) in [6.07, 6.45) is 4.43. The van der Waals surface area contributed by atoms with Crippen LogP contribution in [0.5, 0.6) is 0 Å². The van der Waals surface area contributed by atoms with E-state index in [9.17, 15) is 13.2 Å². The van der Waals surface area contributed by atoms with Gasteiger partial charge >= 0.3 is 0 Å². The molecule has 0 radical (unpaired) electrons. The Morgan fingerprint density at radius 3 is 2.48 bits per heavy atom. The zero-order chi connectivity index (χ0) is 20.0. The van der Waals surface area contributed by atoms with E-state index in [1.54, 1.807) is 11.8 Å². The van der Waals surface area contributed by atoms with Gasteiger partial charge in [-0.15, -0.1) is 11.8 Å². The van der Waals surface area contributed by atoms with E-state index < -0.39 is 22.5 Å². The van der Waals surface area contributed by atoms with Crippen LogP contribution in [0.15, 0.2) is 52.5 Å². The monoisotopic (exact) mass is 445 g/mol. The van der Waals surface area contributed by atoms with Gasteiger partial charge in [-0.3, -0.25) is 9.10 Å². The molecule has 0 unspecified atom stereocenters. The lowest BCUT2D eigenvalue weighted by molar-refractivity contribution is -0.119. The molecule has 0 aromatic heterocycles. The fourth-order valence-electron chi connectivity index (χ4n) is 2.09. The molecule has 0 atom stereocenters. The second kappa shape index (κ2) is 9.45. The average molecular weight is 446 g/mol. The van der Waals surface area contributed by atoms with Crippen LogP contribution >= 0.6 is 35.0 Å². The number of carbonyl (C=O) groups excluding carboxylic acids is 1. The van der Waals surface area contributed by atoms with E-state index in [4.69, 9.17) is 23.2 Å². The fourth-order valence-corrected chi connectivity index (χ4v) is 3.80. The van der Waals surface area contributed by atoms with E-state index in [2.05, 4.69) is 10.5 Å². The summed E-state index contributed by atoms with van der Waals surface area (Å²) in [7, 11) is -3.76. The minimum Gasteiger partial charge on any atom is -0.271 e. The van der Waals surface area contributed by atoms with Crippen molar-refractivity contribution in [1.29, 1.82) is 0 Å². The molecule has 0 saturated heterocycles. The summed E-state index contributed by atoms with van der Waals surface area (Å²) in [5, 5.41) is 4.32. The lowest BCUT2D eigenvalue weighted by Crippen LogP contribution is -2.39. The summed E-state index contributed by atoms with van der Waals surface area (Å²) in [4.78, 5) is 13.3. The third-order valence-corrected chi connectivity index (χ3v) is 5.81. The Morgan fingerprint density at radius 1 is 1.22 bits per heavy atom. The highest BCUT2D eigenvalue weighted by Crippen LogP contribution is 2.30. The SMILES string of the molecule is CSc1ccc(/C=N\NC(=O)CN(c2cc(Cl)ccc2Cl)S(C)(=O)=O)cc1. The molecular formula is C17H17Cl2N3O3S2. The largest absolute Gasteiger partial charge is 0.271 e. The first-order chi connectivity index (χ1) is 12.7.